The van der Waals surface area contributed by atoms with Gasteiger partial charge in [0.1, 0.15) is 11.9 Å². The summed E-state index contributed by atoms with van der Waals surface area (Å²) in [5.41, 5.74) is 4.34. The highest BCUT2D eigenvalue weighted by Crippen LogP contribution is 2.29. The molecule has 0 atom stereocenters. The molecule has 5 heteroatoms. The second kappa shape index (κ2) is 6.71. The standard InChI is InChI=1S/C21H21N5/c1-3-4-9-24-10-12-25(13-11-24)20-14-16(2)17(15-22)21-23-18-7-5-6-8-19(18)26(20)21/h1,5-8,14H,4,9-13H2,2H3. The summed E-state index contributed by atoms with van der Waals surface area (Å²) in [4.78, 5) is 9.54. The smallest absolute Gasteiger partial charge is 0.157 e. The number of para-hydroxylation sites is 2. The highest BCUT2D eigenvalue weighted by atomic mass is 15.3. The van der Waals surface area contributed by atoms with Crippen molar-refractivity contribution in [3.8, 4) is 18.4 Å². The predicted octanol–water partition coefficient (Wildman–Crippen LogP) is 2.81. The number of hydrogen-bond donors (Lipinski definition) is 0. The van der Waals surface area contributed by atoms with Crippen molar-refractivity contribution in [2.75, 3.05) is 37.6 Å². The summed E-state index contributed by atoms with van der Waals surface area (Å²) in [6, 6.07) is 12.5. The highest BCUT2D eigenvalue weighted by molar-refractivity contribution is 5.85. The van der Waals surface area contributed by atoms with Gasteiger partial charge in [0.05, 0.1) is 16.6 Å². The lowest BCUT2D eigenvalue weighted by atomic mass is 10.1. The Balaban J connectivity index is 1.79. The largest absolute Gasteiger partial charge is 0.355 e. The van der Waals surface area contributed by atoms with Gasteiger partial charge in [-0.25, -0.2) is 4.98 Å². The summed E-state index contributed by atoms with van der Waals surface area (Å²) in [5, 5.41) is 9.62. The SMILES string of the molecule is C#CCCN1CCN(c2cc(C)c(C#N)c3nc4ccccc4n23)CC1. The van der Waals surface area contributed by atoms with Crippen LogP contribution >= 0.6 is 0 Å². The third-order valence-electron chi connectivity index (χ3n) is 5.13. The quantitative estimate of drug-likeness (QED) is 0.686. The number of nitrogens with zero attached hydrogens (tertiary/aromatic N) is 5. The fraction of sp³-hybridized carbons (Fsp3) is 0.333. The molecule has 0 aliphatic carbocycles. The zero-order valence-electron chi connectivity index (χ0n) is 14.9. The van der Waals surface area contributed by atoms with Crippen molar-refractivity contribution in [3.05, 3.63) is 41.5 Å². The summed E-state index contributed by atoms with van der Waals surface area (Å²) in [5.74, 6) is 3.83. The van der Waals surface area contributed by atoms with Crippen molar-refractivity contribution in [1.29, 1.82) is 5.26 Å². The van der Waals surface area contributed by atoms with Gasteiger partial charge in [0.2, 0.25) is 0 Å². The summed E-state index contributed by atoms with van der Waals surface area (Å²) in [6.45, 7) is 6.82. The number of anilines is 1. The normalized spacial score (nSPS) is 15.3. The van der Waals surface area contributed by atoms with Crippen molar-refractivity contribution in [1.82, 2.24) is 14.3 Å². The van der Waals surface area contributed by atoms with E-state index in [1.807, 2.05) is 25.1 Å². The van der Waals surface area contributed by atoms with E-state index in [9.17, 15) is 5.26 Å². The van der Waals surface area contributed by atoms with Gasteiger partial charge in [0.25, 0.3) is 0 Å². The topological polar surface area (TPSA) is 47.6 Å². The molecule has 130 valence electrons. The van der Waals surface area contributed by atoms with Crippen LogP contribution in [0.3, 0.4) is 0 Å². The summed E-state index contributed by atoms with van der Waals surface area (Å²) in [6.07, 6.45) is 6.19. The molecular weight excluding hydrogens is 322 g/mol. The molecule has 1 aromatic carbocycles. The van der Waals surface area contributed by atoms with Crippen LogP contribution in [0.4, 0.5) is 5.82 Å². The Morgan fingerprint density at radius 3 is 2.69 bits per heavy atom. The van der Waals surface area contributed by atoms with E-state index < -0.39 is 0 Å². The third-order valence-corrected chi connectivity index (χ3v) is 5.13. The molecule has 5 nitrogen and oxygen atoms in total. The van der Waals surface area contributed by atoms with Crippen LogP contribution in [-0.4, -0.2) is 47.0 Å². The van der Waals surface area contributed by atoms with Crippen LogP contribution < -0.4 is 4.90 Å². The molecule has 26 heavy (non-hydrogen) atoms. The van der Waals surface area contributed by atoms with Crippen molar-refractivity contribution in [2.45, 2.75) is 13.3 Å². The number of aryl methyl sites for hydroxylation is 1. The third kappa shape index (κ3) is 2.67. The minimum absolute atomic E-state index is 0.651. The minimum Gasteiger partial charge on any atom is -0.355 e. The molecular formula is C21H21N5. The number of fused-ring (bicyclic) bond motifs is 3. The molecule has 1 saturated heterocycles. The first-order valence-electron chi connectivity index (χ1n) is 8.94. The molecule has 4 rings (SSSR count). The minimum atomic E-state index is 0.651. The molecule has 0 N–H and O–H groups in total. The first-order valence-corrected chi connectivity index (χ1v) is 8.94. The maximum atomic E-state index is 9.62. The highest BCUT2D eigenvalue weighted by Gasteiger charge is 2.22. The maximum Gasteiger partial charge on any atom is 0.157 e. The lowest BCUT2D eigenvalue weighted by Gasteiger charge is -2.36. The summed E-state index contributed by atoms with van der Waals surface area (Å²) in [7, 11) is 0. The average Bonchev–Trinajstić information content (AvgIpc) is 3.05. The number of imidazole rings is 1. The predicted molar refractivity (Wildman–Crippen MR) is 104 cm³/mol. The molecule has 3 aromatic rings. The van der Waals surface area contributed by atoms with Crippen LogP contribution in [0.1, 0.15) is 17.5 Å². The van der Waals surface area contributed by atoms with Crippen LogP contribution in [0.25, 0.3) is 16.7 Å². The zero-order valence-corrected chi connectivity index (χ0v) is 14.9. The van der Waals surface area contributed by atoms with E-state index in [4.69, 9.17) is 11.4 Å². The van der Waals surface area contributed by atoms with Crippen LogP contribution in [0.15, 0.2) is 30.3 Å². The van der Waals surface area contributed by atoms with Gasteiger partial charge in [0.15, 0.2) is 5.65 Å². The Morgan fingerprint density at radius 1 is 1.19 bits per heavy atom. The van der Waals surface area contributed by atoms with Gasteiger partial charge in [-0.1, -0.05) is 12.1 Å². The molecule has 0 bridgehead atoms. The van der Waals surface area contributed by atoms with Gasteiger partial charge >= 0.3 is 0 Å². The van der Waals surface area contributed by atoms with E-state index in [-0.39, 0.29) is 0 Å². The van der Waals surface area contributed by atoms with Crippen LogP contribution in [0.2, 0.25) is 0 Å². The number of pyridine rings is 1. The Morgan fingerprint density at radius 2 is 1.96 bits per heavy atom. The van der Waals surface area contributed by atoms with Crippen LogP contribution in [-0.2, 0) is 0 Å². The fourth-order valence-corrected chi connectivity index (χ4v) is 3.73. The van der Waals surface area contributed by atoms with Crippen LogP contribution in [0.5, 0.6) is 0 Å². The van der Waals surface area contributed by atoms with E-state index >= 15 is 0 Å². The van der Waals surface area contributed by atoms with E-state index in [2.05, 4.69) is 38.3 Å². The molecule has 0 spiro atoms. The monoisotopic (exact) mass is 343 g/mol. The van der Waals surface area contributed by atoms with Gasteiger partial charge in [-0.15, -0.1) is 12.3 Å². The number of nitriles is 1. The van der Waals surface area contributed by atoms with E-state index in [1.165, 1.54) is 0 Å². The number of piperazine rings is 1. The zero-order chi connectivity index (χ0) is 18.1. The van der Waals surface area contributed by atoms with Crippen molar-refractivity contribution >= 4 is 22.5 Å². The molecule has 0 radical (unpaired) electrons. The van der Waals surface area contributed by atoms with Gasteiger partial charge in [0, 0.05) is 39.1 Å². The number of hydrogen-bond acceptors (Lipinski definition) is 4. The van der Waals surface area contributed by atoms with E-state index in [1.54, 1.807) is 0 Å². The maximum absolute atomic E-state index is 9.62. The van der Waals surface area contributed by atoms with Crippen LogP contribution in [0, 0.1) is 30.6 Å². The van der Waals surface area contributed by atoms with Crippen molar-refractivity contribution in [3.63, 3.8) is 0 Å². The average molecular weight is 343 g/mol. The molecule has 1 aliphatic rings. The van der Waals surface area contributed by atoms with Gasteiger partial charge < -0.3 is 4.90 Å². The number of aromatic nitrogens is 2. The molecule has 0 saturated carbocycles. The number of terminal acetylenes is 1. The second-order valence-electron chi connectivity index (χ2n) is 6.71. The van der Waals surface area contributed by atoms with E-state index in [0.29, 0.717) is 5.56 Å². The van der Waals surface area contributed by atoms with Gasteiger partial charge in [-0.3, -0.25) is 9.30 Å². The first-order chi connectivity index (χ1) is 12.7. The molecule has 3 heterocycles. The lowest BCUT2D eigenvalue weighted by Crippen LogP contribution is -2.47. The number of rotatable bonds is 3. The summed E-state index contributed by atoms with van der Waals surface area (Å²) >= 11 is 0. The first kappa shape index (κ1) is 16.4. The Kier molecular flexibility index (Phi) is 4.24. The Hall–Kier alpha value is -3.02. The van der Waals surface area contributed by atoms with Gasteiger partial charge in [-0.2, -0.15) is 5.26 Å². The molecule has 1 fully saturated rings. The van der Waals surface area contributed by atoms with E-state index in [0.717, 1.165) is 67.2 Å². The second-order valence-corrected chi connectivity index (χ2v) is 6.71. The summed E-state index contributed by atoms with van der Waals surface area (Å²) < 4.78 is 2.14. The van der Waals surface area contributed by atoms with Crippen molar-refractivity contribution in [2.24, 2.45) is 0 Å². The Labute approximate surface area is 153 Å². The Bertz CT molecular complexity index is 1040. The molecule has 0 unspecified atom stereocenters. The number of benzene rings is 1. The molecule has 2 aromatic heterocycles. The van der Waals surface area contributed by atoms with Crippen molar-refractivity contribution < 1.29 is 0 Å². The van der Waals surface area contributed by atoms with Gasteiger partial charge in [-0.05, 0) is 30.7 Å². The molecule has 1 aliphatic heterocycles. The fourth-order valence-electron chi connectivity index (χ4n) is 3.73. The molecule has 0 amide bonds. The lowest BCUT2D eigenvalue weighted by molar-refractivity contribution is 0.263.